The fourth-order valence-electron chi connectivity index (χ4n) is 2.03. The van der Waals surface area contributed by atoms with Gasteiger partial charge in [-0.25, -0.2) is 4.98 Å². The lowest BCUT2D eigenvalue weighted by atomic mass is 10.2. The number of H-pyrrole nitrogens is 1. The van der Waals surface area contributed by atoms with Gasteiger partial charge in [0.05, 0.1) is 18.5 Å². The zero-order valence-electron chi connectivity index (χ0n) is 12.4. The molecule has 0 radical (unpaired) electrons. The Morgan fingerprint density at radius 2 is 1.91 bits per heavy atom. The van der Waals surface area contributed by atoms with Crippen LogP contribution in [0.3, 0.4) is 0 Å². The Morgan fingerprint density at radius 1 is 1.09 bits per heavy atom. The number of nitrogens with one attached hydrogen (secondary N) is 1. The molecule has 0 fully saturated rings. The number of hydrogen-bond acceptors (Lipinski definition) is 5. The van der Waals surface area contributed by atoms with Crippen molar-refractivity contribution < 1.29 is 9.47 Å². The van der Waals surface area contributed by atoms with Crippen molar-refractivity contribution in [2.75, 3.05) is 7.11 Å². The Kier molecular flexibility index (Phi) is 4.00. The van der Waals surface area contributed by atoms with E-state index < -0.39 is 0 Å². The summed E-state index contributed by atoms with van der Waals surface area (Å²) in [6, 6.07) is 11.4. The van der Waals surface area contributed by atoms with E-state index >= 15 is 0 Å². The van der Waals surface area contributed by atoms with Crippen LogP contribution in [-0.2, 0) is 6.61 Å². The number of aryl methyl sites for hydroxylation is 1. The molecule has 0 aliphatic heterocycles. The molecule has 3 rings (SSSR count). The van der Waals surface area contributed by atoms with E-state index in [0.29, 0.717) is 18.3 Å². The van der Waals surface area contributed by atoms with Crippen molar-refractivity contribution >= 4 is 0 Å². The van der Waals surface area contributed by atoms with Crippen LogP contribution < -0.4 is 9.47 Å². The number of aromatic nitrogens is 4. The number of aromatic amines is 1. The monoisotopic (exact) mass is 296 g/mol. The van der Waals surface area contributed by atoms with Crippen LogP contribution in [0.4, 0.5) is 0 Å². The van der Waals surface area contributed by atoms with E-state index in [4.69, 9.17) is 9.47 Å². The van der Waals surface area contributed by atoms with Crippen molar-refractivity contribution in [3.05, 3.63) is 54.0 Å². The topological polar surface area (TPSA) is 72.9 Å². The summed E-state index contributed by atoms with van der Waals surface area (Å²) in [5.41, 5.74) is 2.63. The maximum Gasteiger partial charge on any atom is 0.217 e. The van der Waals surface area contributed by atoms with Crippen molar-refractivity contribution in [1.29, 1.82) is 0 Å². The van der Waals surface area contributed by atoms with Crippen molar-refractivity contribution in [3.63, 3.8) is 0 Å². The number of hydrogen-bond donors (Lipinski definition) is 1. The molecule has 0 unspecified atom stereocenters. The van der Waals surface area contributed by atoms with E-state index in [1.165, 1.54) is 0 Å². The third kappa shape index (κ3) is 3.22. The quantitative estimate of drug-likeness (QED) is 0.783. The number of methoxy groups -OCH3 is 1. The molecule has 112 valence electrons. The van der Waals surface area contributed by atoms with Crippen molar-refractivity contribution in [3.8, 4) is 23.0 Å². The number of ether oxygens (including phenoxy) is 2. The van der Waals surface area contributed by atoms with Gasteiger partial charge in [0, 0.05) is 12.3 Å². The SMILES string of the molecule is COc1ccc(COc2cc(-c3ccn[nH]3)nc(C)n2)cc1. The van der Waals surface area contributed by atoms with Crippen LogP contribution in [0.25, 0.3) is 11.4 Å². The molecule has 6 nitrogen and oxygen atoms in total. The molecule has 0 aliphatic carbocycles. The molecule has 3 aromatic rings. The summed E-state index contributed by atoms with van der Waals surface area (Å²) < 4.78 is 10.9. The molecule has 0 amide bonds. The van der Waals surface area contributed by atoms with E-state index in [9.17, 15) is 0 Å². The zero-order valence-corrected chi connectivity index (χ0v) is 12.4. The van der Waals surface area contributed by atoms with E-state index in [0.717, 1.165) is 22.7 Å². The predicted molar refractivity (Wildman–Crippen MR) is 81.7 cm³/mol. The molecule has 22 heavy (non-hydrogen) atoms. The van der Waals surface area contributed by atoms with Crippen LogP contribution in [0.1, 0.15) is 11.4 Å². The largest absolute Gasteiger partial charge is 0.497 e. The van der Waals surface area contributed by atoms with Crippen molar-refractivity contribution in [1.82, 2.24) is 20.2 Å². The third-order valence-electron chi connectivity index (χ3n) is 3.14. The van der Waals surface area contributed by atoms with Crippen LogP contribution in [-0.4, -0.2) is 27.3 Å². The van der Waals surface area contributed by atoms with E-state index in [1.54, 1.807) is 19.4 Å². The molecule has 0 atom stereocenters. The summed E-state index contributed by atoms with van der Waals surface area (Å²) in [7, 11) is 1.64. The minimum Gasteiger partial charge on any atom is -0.497 e. The van der Waals surface area contributed by atoms with Gasteiger partial charge < -0.3 is 9.47 Å². The summed E-state index contributed by atoms with van der Waals surface area (Å²) in [4.78, 5) is 8.68. The molecule has 2 heterocycles. The summed E-state index contributed by atoms with van der Waals surface area (Å²) in [5, 5.41) is 6.81. The lowest BCUT2D eigenvalue weighted by Gasteiger charge is -2.08. The van der Waals surface area contributed by atoms with Crippen LogP contribution in [0, 0.1) is 6.92 Å². The first-order valence-electron chi connectivity index (χ1n) is 6.86. The van der Waals surface area contributed by atoms with Gasteiger partial charge in [-0.3, -0.25) is 5.10 Å². The van der Waals surface area contributed by atoms with Crippen LogP contribution in [0.15, 0.2) is 42.6 Å². The molecule has 6 heteroatoms. The number of benzene rings is 1. The van der Waals surface area contributed by atoms with Crippen LogP contribution in [0.5, 0.6) is 11.6 Å². The minimum atomic E-state index is 0.433. The summed E-state index contributed by atoms with van der Waals surface area (Å²) in [6.07, 6.45) is 1.69. The standard InChI is InChI=1S/C16H16N4O2/c1-11-18-15(14-7-8-17-20-14)9-16(19-11)22-10-12-3-5-13(21-2)6-4-12/h3-9H,10H2,1-2H3,(H,17,20). The van der Waals surface area contributed by atoms with Gasteiger partial charge in [-0.05, 0) is 30.7 Å². The molecule has 2 aromatic heterocycles. The lowest BCUT2D eigenvalue weighted by molar-refractivity contribution is 0.292. The minimum absolute atomic E-state index is 0.433. The second-order valence-electron chi connectivity index (χ2n) is 4.75. The Hall–Kier alpha value is -2.89. The van der Waals surface area contributed by atoms with Gasteiger partial charge in [0.1, 0.15) is 18.2 Å². The maximum absolute atomic E-state index is 5.76. The smallest absolute Gasteiger partial charge is 0.217 e. The van der Waals surface area contributed by atoms with Gasteiger partial charge in [-0.2, -0.15) is 10.1 Å². The Balaban J connectivity index is 1.74. The second-order valence-corrected chi connectivity index (χ2v) is 4.75. The zero-order chi connectivity index (χ0) is 15.4. The van der Waals surface area contributed by atoms with Crippen LogP contribution >= 0.6 is 0 Å². The first-order valence-corrected chi connectivity index (χ1v) is 6.86. The van der Waals surface area contributed by atoms with Gasteiger partial charge in [0.2, 0.25) is 5.88 Å². The highest BCUT2D eigenvalue weighted by Crippen LogP contribution is 2.20. The number of rotatable bonds is 5. The first-order chi connectivity index (χ1) is 10.7. The molecule has 1 aromatic carbocycles. The molecule has 0 spiro atoms. The fourth-order valence-corrected chi connectivity index (χ4v) is 2.03. The first kappa shape index (κ1) is 14.1. The van der Waals surface area contributed by atoms with Crippen molar-refractivity contribution in [2.24, 2.45) is 0 Å². The summed E-state index contributed by atoms with van der Waals surface area (Å²) in [6.45, 7) is 2.27. The molecule has 0 saturated heterocycles. The Morgan fingerprint density at radius 3 is 2.59 bits per heavy atom. The van der Waals surface area contributed by atoms with E-state index in [-0.39, 0.29) is 0 Å². The van der Waals surface area contributed by atoms with E-state index in [2.05, 4.69) is 20.2 Å². The summed E-state index contributed by atoms with van der Waals surface area (Å²) >= 11 is 0. The highest BCUT2D eigenvalue weighted by Gasteiger charge is 2.07. The summed E-state index contributed by atoms with van der Waals surface area (Å²) in [5.74, 6) is 2.01. The van der Waals surface area contributed by atoms with Gasteiger partial charge >= 0.3 is 0 Å². The fraction of sp³-hybridized carbons (Fsp3) is 0.188. The molecular formula is C16H16N4O2. The molecule has 0 aliphatic rings. The Bertz CT molecular complexity index is 739. The van der Waals surface area contributed by atoms with Gasteiger partial charge in [0.25, 0.3) is 0 Å². The lowest BCUT2D eigenvalue weighted by Crippen LogP contribution is -2.00. The van der Waals surface area contributed by atoms with Gasteiger partial charge in [-0.15, -0.1) is 0 Å². The molecule has 1 N–H and O–H groups in total. The van der Waals surface area contributed by atoms with Crippen LogP contribution in [0.2, 0.25) is 0 Å². The predicted octanol–water partition coefficient (Wildman–Crippen LogP) is 2.76. The highest BCUT2D eigenvalue weighted by atomic mass is 16.5. The normalized spacial score (nSPS) is 10.5. The highest BCUT2D eigenvalue weighted by molar-refractivity contribution is 5.54. The molecular weight excluding hydrogens is 280 g/mol. The Labute approximate surface area is 128 Å². The average molecular weight is 296 g/mol. The molecule has 0 bridgehead atoms. The van der Waals surface area contributed by atoms with Gasteiger partial charge in [-0.1, -0.05) is 12.1 Å². The molecule has 0 saturated carbocycles. The average Bonchev–Trinajstić information content (AvgIpc) is 3.07. The van der Waals surface area contributed by atoms with Crippen molar-refractivity contribution in [2.45, 2.75) is 13.5 Å². The second kappa shape index (κ2) is 6.26. The number of nitrogens with zero attached hydrogens (tertiary/aromatic N) is 3. The third-order valence-corrected chi connectivity index (χ3v) is 3.14. The maximum atomic E-state index is 5.76. The van der Waals surface area contributed by atoms with E-state index in [1.807, 2.05) is 37.3 Å². The van der Waals surface area contributed by atoms with Gasteiger partial charge in [0.15, 0.2) is 0 Å².